The van der Waals surface area contributed by atoms with Crippen LogP contribution >= 0.6 is 0 Å². The maximum atomic E-state index is 12.9. The lowest BCUT2D eigenvalue weighted by Crippen LogP contribution is -2.41. The van der Waals surface area contributed by atoms with Gasteiger partial charge in [0.15, 0.2) is 0 Å². The molecule has 0 bridgehead atoms. The van der Waals surface area contributed by atoms with Crippen molar-refractivity contribution >= 4 is 12.0 Å². The molecule has 1 aliphatic heterocycles. The van der Waals surface area contributed by atoms with Crippen LogP contribution in [-0.4, -0.2) is 26.9 Å². The average molecular weight is 351 g/mol. The molecule has 6 heteroatoms. The number of benzene rings is 1. The molecule has 1 unspecified atom stereocenters. The van der Waals surface area contributed by atoms with Crippen LogP contribution in [0.2, 0.25) is 0 Å². The zero-order valence-electron chi connectivity index (χ0n) is 14.5. The van der Waals surface area contributed by atoms with Crippen LogP contribution in [-0.2, 0) is 11.8 Å². The molecule has 134 valence electrons. The first-order chi connectivity index (χ1) is 12.6. The van der Waals surface area contributed by atoms with Crippen LogP contribution in [0.3, 0.4) is 0 Å². The second-order valence-corrected chi connectivity index (χ2v) is 6.84. The second-order valence-electron chi connectivity index (χ2n) is 6.84. The van der Waals surface area contributed by atoms with Gasteiger partial charge in [-0.2, -0.15) is 5.10 Å². The Balaban J connectivity index is 1.57. The monoisotopic (exact) mass is 351 g/mol. The van der Waals surface area contributed by atoms with Crippen LogP contribution in [0.4, 0.5) is 0 Å². The number of rotatable bonds is 4. The van der Waals surface area contributed by atoms with E-state index in [9.17, 15) is 9.90 Å². The van der Waals surface area contributed by atoms with Crippen molar-refractivity contribution in [1.29, 1.82) is 0 Å². The molecule has 1 aliphatic carbocycles. The number of hydrogen-bond acceptors (Lipinski definition) is 4. The third-order valence-electron chi connectivity index (χ3n) is 4.93. The summed E-state index contributed by atoms with van der Waals surface area (Å²) in [5.41, 5.74) is 2.34. The van der Waals surface area contributed by atoms with E-state index < -0.39 is 0 Å². The first-order valence-electron chi connectivity index (χ1n) is 8.71. The van der Waals surface area contributed by atoms with E-state index in [1.54, 1.807) is 17.0 Å². The molecule has 2 heterocycles. The number of ether oxygens (including phenoxy) is 1. The standard InChI is InChI=1S/C20H21N3O3/c1-23-12-16(11-21-23)19(15-9-17(24)10-15)22-20(25)14-6-7-26-18-5-3-2-4-13(18)8-14/h2-8,11-12,15,17,19,24H,9-10H2,1H3,(H,22,25). The molecule has 2 aliphatic rings. The summed E-state index contributed by atoms with van der Waals surface area (Å²) in [6.07, 6.45) is 9.78. The summed E-state index contributed by atoms with van der Waals surface area (Å²) in [6, 6.07) is 7.41. The number of amides is 1. The lowest BCUT2D eigenvalue weighted by Gasteiger charge is -2.37. The van der Waals surface area contributed by atoms with E-state index in [2.05, 4.69) is 10.4 Å². The van der Waals surface area contributed by atoms with Gasteiger partial charge in [-0.3, -0.25) is 9.48 Å². The smallest absolute Gasteiger partial charge is 0.251 e. The SMILES string of the molecule is Cn1cc(C(NC(=O)C2=Cc3ccccc3OC=C2)C2CC(O)C2)cn1. The second kappa shape index (κ2) is 6.80. The summed E-state index contributed by atoms with van der Waals surface area (Å²) in [5, 5.41) is 17.0. The first kappa shape index (κ1) is 16.6. The number of carbonyl (C=O) groups excluding carboxylic acids is 1. The van der Waals surface area contributed by atoms with Crippen LogP contribution in [0.1, 0.15) is 30.0 Å². The predicted molar refractivity (Wildman–Crippen MR) is 97.0 cm³/mol. The maximum absolute atomic E-state index is 12.9. The third-order valence-corrected chi connectivity index (χ3v) is 4.93. The van der Waals surface area contributed by atoms with Gasteiger partial charge in [-0.25, -0.2) is 0 Å². The molecule has 0 saturated heterocycles. The molecule has 1 amide bonds. The summed E-state index contributed by atoms with van der Waals surface area (Å²) in [5.74, 6) is 0.756. The quantitative estimate of drug-likeness (QED) is 0.886. The maximum Gasteiger partial charge on any atom is 0.251 e. The Hall–Kier alpha value is -2.86. The summed E-state index contributed by atoms with van der Waals surface area (Å²) in [6.45, 7) is 0. The fraction of sp³-hybridized carbons (Fsp3) is 0.300. The van der Waals surface area contributed by atoms with E-state index in [0.717, 1.165) is 16.9 Å². The van der Waals surface area contributed by atoms with E-state index in [0.29, 0.717) is 18.4 Å². The number of aliphatic hydroxyl groups is 1. The third kappa shape index (κ3) is 3.28. The highest BCUT2D eigenvalue weighted by molar-refractivity contribution is 6.01. The van der Waals surface area contributed by atoms with E-state index in [1.807, 2.05) is 43.6 Å². The van der Waals surface area contributed by atoms with Crippen molar-refractivity contribution in [3.8, 4) is 5.75 Å². The molecule has 0 spiro atoms. The highest BCUT2D eigenvalue weighted by Gasteiger charge is 2.36. The molecule has 1 atom stereocenters. The van der Waals surface area contributed by atoms with Crippen molar-refractivity contribution in [3.05, 3.63) is 65.7 Å². The summed E-state index contributed by atoms with van der Waals surface area (Å²) >= 11 is 0. The molecule has 4 rings (SSSR count). The largest absolute Gasteiger partial charge is 0.464 e. The van der Waals surface area contributed by atoms with Crippen molar-refractivity contribution in [2.45, 2.75) is 25.0 Å². The molecule has 6 nitrogen and oxygen atoms in total. The summed E-state index contributed by atoms with van der Waals surface area (Å²) in [7, 11) is 1.85. The first-order valence-corrected chi connectivity index (χ1v) is 8.71. The minimum absolute atomic E-state index is 0.170. The van der Waals surface area contributed by atoms with Gasteiger partial charge in [-0.15, -0.1) is 0 Å². The van der Waals surface area contributed by atoms with Gasteiger partial charge in [0.25, 0.3) is 5.91 Å². The van der Waals surface area contributed by atoms with Gasteiger partial charge in [0, 0.05) is 29.9 Å². The van der Waals surface area contributed by atoms with Crippen molar-refractivity contribution in [3.63, 3.8) is 0 Å². The highest BCUT2D eigenvalue weighted by atomic mass is 16.5. The fourth-order valence-electron chi connectivity index (χ4n) is 3.45. The Labute approximate surface area is 151 Å². The van der Waals surface area contributed by atoms with Crippen LogP contribution in [0, 0.1) is 5.92 Å². The minimum Gasteiger partial charge on any atom is -0.464 e. The highest BCUT2D eigenvalue weighted by Crippen LogP contribution is 2.38. The molecular weight excluding hydrogens is 330 g/mol. The van der Waals surface area contributed by atoms with Crippen molar-refractivity contribution in [2.24, 2.45) is 13.0 Å². The lowest BCUT2D eigenvalue weighted by atomic mass is 9.75. The normalized spacial score (nSPS) is 22.3. The van der Waals surface area contributed by atoms with Crippen LogP contribution in [0.5, 0.6) is 5.75 Å². The number of fused-ring (bicyclic) bond motifs is 1. The molecule has 26 heavy (non-hydrogen) atoms. The van der Waals surface area contributed by atoms with Crippen LogP contribution in [0.15, 0.2) is 54.6 Å². The van der Waals surface area contributed by atoms with Gasteiger partial charge in [0.1, 0.15) is 5.75 Å². The molecule has 1 saturated carbocycles. The van der Waals surface area contributed by atoms with E-state index in [1.165, 1.54) is 6.26 Å². The Kier molecular flexibility index (Phi) is 4.34. The Bertz CT molecular complexity index is 878. The van der Waals surface area contributed by atoms with Crippen LogP contribution < -0.4 is 10.1 Å². The number of aliphatic hydroxyl groups excluding tert-OH is 1. The molecule has 2 N–H and O–H groups in total. The molecule has 1 aromatic heterocycles. The van der Waals surface area contributed by atoms with Gasteiger partial charge in [-0.1, -0.05) is 18.2 Å². The van der Waals surface area contributed by atoms with Gasteiger partial charge >= 0.3 is 0 Å². The Morgan fingerprint density at radius 3 is 2.92 bits per heavy atom. The molecule has 0 radical (unpaired) electrons. The summed E-state index contributed by atoms with van der Waals surface area (Å²) in [4.78, 5) is 12.9. The molecule has 1 fully saturated rings. The number of aryl methyl sites for hydroxylation is 1. The molecule has 2 aromatic rings. The van der Waals surface area contributed by atoms with E-state index in [4.69, 9.17) is 4.74 Å². The van der Waals surface area contributed by atoms with Crippen LogP contribution in [0.25, 0.3) is 6.08 Å². The average Bonchev–Trinajstić information content (AvgIpc) is 2.91. The van der Waals surface area contributed by atoms with E-state index in [-0.39, 0.29) is 24.0 Å². The molecule has 1 aromatic carbocycles. The van der Waals surface area contributed by atoms with Gasteiger partial charge in [0.2, 0.25) is 0 Å². The zero-order valence-corrected chi connectivity index (χ0v) is 14.5. The van der Waals surface area contributed by atoms with Gasteiger partial charge < -0.3 is 15.2 Å². The van der Waals surface area contributed by atoms with Crippen molar-refractivity contribution in [1.82, 2.24) is 15.1 Å². The Morgan fingerprint density at radius 1 is 1.38 bits per heavy atom. The minimum atomic E-state index is -0.284. The number of para-hydroxylation sites is 1. The topological polar surface area (TPSA) is 76.4 Å². The van der Waals surface area contributed by atoms with Crippen molar-refractivity contribution in [2.75, 3.05) is 0 Å². The number of carbonyl (C=O) groups is 1. The van der Waals surface area contributed by atoms with Gasteiger partial charge in [0.05, 0.1) is 24.6 Å². The van der Waals surface area contributed by atoms with E-state index >= 15 is 0 Å². The van der Waals surface area contributed by atoms with Crippen molar-refractivity contribution < 1.29 is 14.6 Å². The lowest BCUT2D eigenvalue weighted by molar-refractivity contribution is -0.119. The predicted octanol–water partition coefficient (Wildman–Crippen LogP) is 2.34. The number of nitrogens with one attached hydrogen (secondary N) is 1. The Morgan fingerprint density at radius 2 is 2.19 bits per heavy atom. The number of aromatic nitrogens is 2. The summed E-state index contributed by atoms with van der Waals surface area (Å²) < 4.78 is 7.28. The number of hydrogen-bond donors (Lipinski definition) is 2. The fourth-order valence-corrected chi connectivity index (χ4v) is 3.45. The zero-order chi connectivity index (χ0) is 18.1. The number of nitrogens with zero attached hydrogens (tertiary/aromatic N) is 2. The molecular formula is C20H21N3O3. The van der Waals surface area contributed by atoms with Gasteiger partial charge in [-0.05, 0) is 37.0 Å².